The van der Waals surface area contributed by atoms with E-state index in [1.807, 2.05) is 32.9 Å². The maximum absolute atomic E-state index is 12.5. The smallest absolute Gasteiger partial charge is 0.261 e. The molecule has 1 aliphatic carbocycles. The van der Waals surface area contributed by atoms with Crippen LogP contribution >= 0.6 is 12.2 Å². The number of aryl methyl sites for hydroxylation is 1. The third kappa shape index (κ3) is 5.69. The van der Waals surface area contributed by atoms with E-state index in [2.05, 4.69) is 21.5 Å². The second kappa shape index (κ2) is 9.52. The Morgan fingerprint density at radius 2 is 1.77 bits per heavy atom. The van der Waals surface area contributed by atoms with Gasteiger partial charge in [-0.2, -0.15) is 0 Å². The lowest BCUT2D eigenvalue weighted by molar-refractivity contribution is -0.124. The Morgan fingerprint density at radius 1 is 1.12 bits per heavy atom. The van der Waals surface area contributed by atoms with E-state index in [-0.39, 0.29) is 17.7 Å². The molecule has 2 rings (SSSR count). The van der Waals surface area contributed by atoms with Gasteiger partial charge in [0.05, 0.1) is 0 Å². The van der Waals surface area contributed by atoms with Crippen LogP contribution in [0.1, 0.15) is 55.5 Å². The molecule has 1 aromatic carbocycles. The Bertz CT molecular complexity index is 657. The van der Waals surface area contributed by atoms with Crippen LogP contribution in [0, 0.1) is 12.8 Å². The maximum atomic E-state index is 12.5. The lowest BCUT2D eigenvalue weighted by Crippen LogP contribution is -2.56. The maximum Gasteiger partial charge on any atom is 0.261 e. The number of nitrogens with one attached hydrogen (secondary N) is 4. The number of carbonyl (C=O) groups is 2. The molecule has 1 atom stereocenters. The zero-order valence-corrected chi connectivity index (χ0v) is 16.4. The van der Waals surface area contributed by atoms with Crippen molar-refractivity contribution < 1.29 is 9.59 Å². The molecule has 142 valence electrons. The van der Waals surface area contributed by atoms with Crippen molar-refractivity contribution in [2.75, 3.05) is 0 Å². The van der Waals surface area contributed by atoms with Crippen LogP contribution < -0.4 is 21.5 Å². The van der Waals surface area contributed by atoms with Crippen LogP contribution in [0.5, 0.6) is 0 Å². The lowest BCUT2D eigenvalue weighted by Gasteiger charge is -2.23. The normalized spacial score (nSPS) is 15.4. The molecule has 4 N–H and O–H groups in total. The Balaban J connectivity index is 1.89. The van der Waals surface area contributed by atoms with Crippen molar-refractivity contribution in [2.24, 2.45) is 5.92 Å². The van der Waals surface area contributed by atoms with E-state index in [9.17, 15) is 9.59 Å². The van der Waals surface area contributed by atoms with Crippen molar-refractivity contribution in [3.63, 3.8) is 0 Å². The molecule has 0 aromatic heterocycles. The highest BCUT2D eigenvalue weighted by Crippen LogP contribution is 2.17. The van der Waals surface area contributed by atoms with Crippen LogP contribution in [-0.4, -0.2) is 29.0 Å². The Labute approximate surface area is 160 Å². The van der Waals surface area contributed by atoms with Gasteiger partial charge in [0, 0.05) is 11.6 Å². The first-order valence-electron chi connectivity index (χ1n) is 9.11. The van der Waals surface area contributed by atoms with Crippen LogP contribution in [0.3, 0.4) is 0 Å². The predicted molar refractivity (Wildman–Crippen MR) is 107 cm³/mol. The molecule has 7 heteroatoms. The number of amides is 2. The molecule has 0 unspecified atom stereocenters. The summed E-state index contributed by atoms with van der Waals surface area (Å²) in [6.45, 7) is 5.64. The van der Waals surface area contributed by atoms with E-state index >= 15 is 0 Å². The lowest BCUT2D eigenvalue weighted by atomic mass is 10.0. The summed E-state index contributed by atoms with van der Waals surface area (Å²) in [7, 11) is 0. The highest BCUT2D eigenvalue weighted by Gasteiger charge is 2.25. The van der Waals surface area contributed by atoms with Crippen LogP contribution in [0.25, 0.3) is 0 Å². The molecule has 6 nitrogen and oxygen atoms in total. The topological polar surface area (TPSA) is 82.3 Å². The summed E-state index contributed by atoms with van der Waals surface area (Å²) in [5.74, 6) is -0.651. The van der Waals surface area contributed by atoms with Gasteiger partial charge in [-0.1, -0.05) is 44.9 Å². The summed E-state index contributed by atoms with van der Waals surface area (Å²) in [4.78, 5) is 25.0. The van der Waals surface area contributed by atoms with Gasteiger partial charge in [-0.05, 0) is 49.5 Å². The summed E-state index contributed by atoms with van der Waals surface area (Å²) >= 11 is 5.22. The first-order chi connectivity index (χ1) is 12.4. The highest BCUT2D eigenvalue weighted by atomic mass is 32.1. The van der Waals surface area contributed by atoms with Gasteiger partial charge in [-0.15, -0.1) is 0 Å². The van der Waals surface area contributed by atoms with Crippen molar-refractivity contribution in [2.45, 2.75) is 58.5 Å². The molecule has 0 radical (unpaired) electrons. The molecular formula is C19H28N4O2S. The quantitative estimate of drug-likeness (QED) is 0.468. The third-order valence-corrected chi connectivity index (χ3v) is 4.83. The average Bonchev–Trinajstić information content (AvgIpc) is 3.10. The minimum absolute atomic E-state index is 0.0684. The van der Waals surface area contributed by atoms with Crippen molar-refractivity contribution >= 4 is 29.1 Å². The Hall–Kier alpha value is -2.15. The van der Waals surface area contributed by atoms with Crippen molar-refractivity contribution in [1.29, 1.82) is 0 Å². The van der Waals surface area contributed by atoms with Gasteiger partial charge in [0.1, 0.15) is 6.04 Å². The summed E-state index contributed by atoms with van der Waals surface area (Å²) < 4.78 is 0. The second-order valence-corrected chi connectivity index (χ2v) is 7.49. The summed E-state index contributed by atoms with van der Waals surface area (Å²) in [5, 5.41) is 6.41. The minimum Gasteiger partial charge on any atom is -0.359 e. The third-order valence-electron chi connectivity index (χ3n) is 4.62. The average molecular weight is 377 g/mol. The van der Waals surface area contributed by atoms with Gasteiger partial charge in [0.2, 0.25) is 0 Å². The summed E-state index contributed by atoms with van der Waals surface area (Å²) in [6, 6.07) is 7.01. The van der Waals surface area contributed by atoms with E-state index in [1.54, 1.807) is 12.1 Å². The fraction of sp³-hybridized carbons (Fsp3) is 0.526. The number of hydrazine groups is 1. The first-order valence-corrected chi connectivity index (χ1v) is 9.52. The van der Waals surface area contributed by atoms with Gasteiger partial charge in [0.15, 0.2) is 5.11 Å². The molecule has 2 amide bonds. The minimum atomic E-state index is -0.663. The van der Waals surface area contributed by atoms with Crippen molar-refractivity contribution in [1.82, 2.24) is 21.5 Å². The van der Waals surface area contributed by atoms with Gasteiger partial charge >= 0.3 is 0 Å². The number of rotatable bonds is 5. The van der Waals surface area contributed by atoms with Crippen molar-refractivity contribution in [3.05, 3.63) is 35.4 Å². The SMILES string of the molecule is Cc1ccccc1C(=O)N[C@H](C(=O)NNC(=S)NC1CCCC1)C(C)C. The van der Waals surface area contributed by atoms with Crippen LogP contribution in [0.4, 0.5) is 0 Å². The molecule has 0 bridgehead atoms. The van der Waals surface area contributed by atoms with E-state index < -0.39 is 6.04 Å². The van der Waals surface area contributed by atoms with E-state index in [0.717, 1.165) is 18.4 Å². The van der Waals surface area contributed by atoms with Crippen LogP contribution in [0.2, 0.25) is 0 Å². The van der Waals surface area contributed by atoms with E-state index in [4.69, 9.17) is 12.2 Å². The summed E-state index contributed by atoms with van der Waals surface area (Å²) in [5.41, 5.74) is 6.78. The monoisotopic (exact) mass is 376 g/mol. The Kier molecular flexibility index (Phi) is 7.38. The van der Waals surface area contributed by atoms with Gasteiger partial charge in [-0.25, -0.2) is 0 Å². The second-order valence-electron chi connectivity index (χ2n) is 7.08. The predicted octanol–water partition coefficient (Wildman–Crippen LogP) is 2.19. The largest absolute Gasteiger partial charge is 0.359 e. The van der Waals surface area contributed by atoms with E-state index in [0.29, 0.717) is 16.7 Å². The van der Waals surface area contributed by atoms with Crippen LogP contribution in [0.15, 0.2) is 24.3 Å². The first kappa shape index (κ1) is 20.2. The zero-order chi connectivity index (χ0) is 19.1. The van der Waals surface area contributed by atoms with Crippen LogP contribution in [-0.2, 0) is 4.79 Å². The summed E-state index contributed by atoms with van der Waals surface area (Å²) in [6.07, 6.45) is 4.59. The molecule has 0 heterocycles. The molecule has 0 saturated heterocycles. The molecular weight excluding hydrogens is 348 g/mol. The molecule has 26 heavy (non-hydrogen) atoms. The number of thiocarbonyl (C=S) groups is 1. The highest BCUT2D eigenvalue weighted by molar-refractivity contribution is 7.80. The van der Waals surface area contributed by atoms with E-state index in [1.165, 1.54) is 12.8 Å². The molecule has 1 aliphatic rings. The van der Waals surface area contributed by atoms with Gasteiger partial charge in [0.25, 0.3) is 11.8 Å². The fourth-order valence-corrected chi connectivity index (χ4v) is 3.29. The van der Waals surface area contributed by atoms with Crippen molar-refractivity contribution in [3.8, 4) is 0 Å². The molecule has 0 spiro atoms. The molecule has 1 saturated carbocycles. The fourth-order valence-electron chi connectivity index (χ4n) is 3.07. The standard InChI is InChI=1S/C19H28N4O2S/c1-12(2)16(21-17(24)15-11-7-4-8-13(15)3)18(25)22-23-19(26)20-14-9-5-6-10-14/h4,7-8,11-12,14,16H,5-6,9-10H2,1-3H3,(H,21,24)(H,22,25)(H2,20,23,26)/t16-/m0/s1. The Morgan fingerprint density at radius 3 is 2.38 bits per heavy atom. The zero-order valence-electron chi connectivity index (χ0n) is 15.6. The number of hydrogen-bond acceptors (Lipinski definition) is 3. The number of carbonyl (C=O) groups excluding carboxylic acids is 2. The molecule has 1 aromatic rings. The molecule has 0 aliphatic heterocycles. The van der Waals surface area contributed by atoms with Gasteiger partial charge < -0.3 is 10.6 Å². The van der Waals surface area contributed by atoms with Gasteiger partial charge in [-0.3, -0.25) is 20.4 Å². The number of hydrogen-bond donors (Lipinski definition) is 4. The number of benzene rings is 1. The molecule has 1 fully saturated rings.